The number of hydrogen-bond acceptors (Lipinski definition) is 3. The van der Waals surface area contributed by atoms with Gasteiger partial charge in [-0.05, 0) is 58.2 Å². The maximum atomic E-state index is 12.0. The lowest BCUT2D eigenvalue weighted by molar-refractivity contribution is -0.116. The molecule has 23 heavy (non-hydrogen) atoms. The van der Waals surface area contributed by atoms with Gasteiger partial charge >= 0.3 is 6.09 Å². The normalized spacial score (nSPS) is 11.0. The number of anilines is 1. The average Bonchev–Trinajstić information content (AvgIpc) is 2.40. The summed E-state index contributed by atoms with van der Waals surface area (Å²) in [5.41, 5.74) is 2.48. The number of rotatable bonds is 5. The number of amides is 2. The van der Waals surface area contributed by atoms with E-state index in [9.17, 15) is 9.59 Å². The molecule has 0 radical (unpaired) electrons. The predicted molar refractivity (Wildman–Crippen MR) is 92.6 cm³/mol. The molecule has 128 valence electrons. The Kier molecular flexibility index (Phi) is 6.61. The van der Waals surface area contributed by atoms with Gasteiger partial charge in [0.15, 0.2) is 0 Å². The van der Waals surface area contributed by atoms with Crippen molar-refractivity contribution in [1.29, 1.82) is 0 Å². The van der Waals surface area contributed by atoms with Crippen LogP contribution in [0.2, 0.25) is 0 Å². The smallest absolute Gasteiger partial charge is 0.410 e. The second-order valence-corrected chi connectivity index (χ2v) is 6.87. The van der Waals surface area contributed by atoms with Crippen LogP contribution in [0.15, 0.2) is 18.2 Å². The van der Waals surface area contributed by atoms with Crippen LogP contribution in [-0.2, 0) is 9.53 Å². The fraction of sp³-hybridized carbons (Fsp3) is 0.556. The van der Waals surface area contributed by atoms with Crippen LogP contribution >= 0.6 is 0 Å². The van der Waals surface area contributed by atoms with Gasteiger partial charge in [0.1, 0.15) is 5.60 Å². The molecule has 0 aliphatic carbocycles. The van der Waals surface area contributed by atoms with E-state index < -0.39 is 5.60 Å². The Hall–Kier alpha value is -2.04. The molecule has 0 atom stereocenters. The minimum atomic E-state index is -0.509. The Morgan fingerprint density at radius 2 is 1.87 bits per heavy atom. The zero-order chi connectivity index (χ0) is 17.6. The van der Waals surface area contributed by atoms with E-state index in [1.54, 1.807) is 7.05 Å². The maximum Gasteiger partial charge on any atom is 0.410 e. The van der Waals surface area contributed by atoms with E-state index in [1.807, 2.05) is 52.8 Å². The summed E-state index contributed by atoms with van der Waals surface area (Å²) in [6.07, 6.45) is 0.583. The fourth-order valence-corrected chi connectivity index (χ4v) is 1.99. The van der Waals surface area contributed by atoms with Crippen molar-refractivity contribution in [3.05, 3.63) is 29.3 Å². The standard InChI is InChI=1S/C18H28N2O3/c1-13-9-10-14(2)15(12-13)19-16(21)8-7-11-20(6)17(22)23-18(3,4)5/h9-10,12H,7-8,11H2,1-6H3,(H,19,21). The molecule has 0 saturated heterocycles. The Morgan fingerprint density at radius 3 is 2.48 bits per heavy atom. The Labute approximate surface area is 139 Å². The number of aryl methyl sites for hydroxylation is 2. The number of nitrogens with zero attached hydrogens (tertiary/aromatic N) is 1. The molecule has 5 nitrogen and oxygen atoms in total. The van der Waals surface area contributed by atoms with Crippen molar-refractivity contribution in [3.8, 4) is 0 Å². The van der Waals surface area contributed by atoms with Crippen molar-refractivity contribution < 1.29 is 14.3 Å². The number of nitrogens with one attached hydrogen (secondary N) is 1. The molecule has 1 aromatic rings. The minimum Gasteiger partial charge on any atom is -0.444 e. The molecule has 0 fully saturated rings. The molecule has 0 bridgehead atoms. The highest BCUT2D eigenvalue weighted by Gasteiger charge is 2.19. The maximum absolute atomic E-state index is 12.0. The quantitative estimate of drug-likeness (QED) is 0.895. The summed E-state index contributed by atoms with van der Waals surface area (Å²) >= 11 is 0. The molecule has 0 unspecified atom stereocenters. The first-order chi connectivity index (χ1) is 10.6. The lowest BCUT2D eigenvalue weighted by atomic mass is 10.1. The van der Waals surface area contributed by atoms with E-state index in [-0.39, 0.29) is 12.0 Å². The summed E-state index contributed by atoms with van der Waals surface area (Å²) in [5, 5.41) is 2.92. The average molecular weight is 320 g/mol. The number of ether oxygens (including phenoxy) is 1. The molecule has 5 heteroatoms. The highest BCUT2D eigenvalue weighted by molar-refractivity contribution is 5.91. The van der Waals surface area contributed by atoms with E-state index in [0.29, 0.717) is 19.4 Å². The third kappa shape index (κ3) is 7.17. The van der Waals surface area contributed by atoms with E-state index in [2.05, 4.69) is 5.32 Å². The van der Waals surface area contributed by atoms with Crippen LogP contribution in [0.25, 0.3) is 0 Å². The second kappa shape index (κ2) is 7.99. The summed E-state index contributed by atoms with van der Waals surface area (Å²) in [6.45, 7) is 9.93. The van der Waals surface area contributed by atoms with Crippen LogP contribution in [0.1, 0.15) is 44.7 Å². The summed E-state index contributed by atoms with van der Waals surface area (Å²) < 4.78 is 5.27. The van der Waals surface area contributed by atoms with E-state index in [0.717, 1.165) is 16.8 Å². The molecule has 0 saturated carbocycles. The zero-order valence-electron chi connectivity index (χ0n) is 15.0. The first kappa shape index (κ1) is 19.0. The van der Waals surface area contributed by atoms with Gasteiger partial charge in [0.2, 0.25) is 5.91 Å². The van der Waals surface area contributed by atoms with Crippen LogP contribution in [0.3, 0.4) is 0 Å². The lowest BCUT2D eigenvalue weighted by Gasteiger charge is -2.24. The molecule has 0 aromatic heterocycles. The van der Waals surface area contributed by atoms with Crippen LogP contribution in [0.4, 0.5) is 10.5 Å². The SMILES string of the molecule is Cc1ccc(C)c(NC(=O)CCCN(C)C(=O)OC(C)(C)C)c1. The van der Waals surface area contributed by atoms with Gasteiger partial charge in [-0.2, -0.15) is 0 Å². The van der Waals surface area contributed by atoms with Gasteiger partial charge in [-0.15, -0.1) is 0 Å². The summed E-state index contributed by atoms with van der Waals surface area (Å²) in [7, 11) is 1.68. The molecule has 0 aliphatic heterocycles. The van der Waals surface area contributed by atoms with Crippen molar-refractivity contribution in [2.24, 2.45) is 0 Å². The van der Waals surface area contributed by atoms with Gasteiger partial charge in [0, 0.05) is 25.7 Å². The van der Waals surface area contributed by atoms with Crippen LogP contribution < -0.4 is 5.32 Å². The van der Waals surface area contributed by atoms with Crippen molar-refractivity contribution in [2.75, 3.05) is 18.9 Å². The van der Waals surface area contributed by atoms with Gasteiger partial charge in [0.05, 0.1) is 0 Å². The van der Waals surface area contributed by atoms with Gasteiger partial charge < -0.3 is 15.0 Å². The van der Waals surface area contributed by atoms with E-state index in [4.69, 9.17) is 4.74 Å². The lowest BCUT2D eigenvalue weighted by Crippen LogP contribution is -2.35. The van der Waals surface area contributed by atoms with Crippen molar-refractivity contribution in [3.63, 3.8) is 0 Å². The van der Waals surface area contributed by atoms with Crippen molar-refractivity contribution >= 4 is 17.7 Å². The minimum absolute atomic E-state index is 0.0451. The molecule has 0 heterocycles. The first-order valence-corrected chi connectivity index (χ1v) is 7.90. The summed E-state index contributed by atoms with van der Waals surface area (Å²) in [4.78, 5) is 25.3. The second-order valence-electron chi connectivity index (χ2n) is 6.87. The highest BCUT2D eigenvalue weighted by atomic mass is 16.6. The zero-order valence-corrected chi connectivity index (χ0v) is 15.0. The van der Waals surface area contributed by atoms with Gasteiger partial charge in [-0.25, -0.2) is 4.79 Å². The number of carbonyl (C=O) groups excluding carboxylic acids is 2. The summed E-state index contributed by atoms with van der Waals surface area (Å²) in [5.74, 6) is -0.0451. The topological polar surface area (TPSA) is 58.6 Å². The van der Waals surface area contributed by atoms with Crippen LogP contribution in [0, 0.1) is 13.8 Å². The monoisotopic (exact) mass is 320 g/mol. The predicted octanol–water partition coefficient (Wildman–Crippen LogP) is 3.89. The first-order valence-electron chi connectivity index (χ1n) is 7.90. The Morgan fingerprint density at radius 1 is 1.22 bits per heavy atom. The molecule has 1 N–H and O–H groups in total. The van der Waals surface area contributed by atoms with Crippen molar-refractivity contribution in [1.82, 2.24) is 4.90 Å². The molecule has 0 aliphatic rings. The molecular weight excluding hydrogens is 292 g/mol. The Balaban J connectivity index is 2.39. The highest BCUT2D eigenvalue weighted by Crippen LogP contribution is 2.16. The number of hydrogen-bond donors (Lipinski definition) is 1. The third-order valence-electron chi connectivity index (χ3n) is 3.27. The summed E-state index contributed by atoms with van der Waals surface area (Å²) in [6, 6.07) is 5.96. The number of benzene rings is 1. The molecule has 0 spiro atoms. The van der Waals surface area contributed by atoms with Crippen LogP contribution in [0.5, 0.6) is 0 Å². The largest absolute Gasteiger partial charge is 0.444 e. The molecule has 1 aromatic carbocycles. The molecule has 2 amide bonds. The Bertz CT molecular complexity index is 562. The van der Waals surface area contributed by atoms with Crippen molar-refractivity contribution in [2.45, 2.75) is 53.1 Å². The van der Waals surface area contributed by atoms with Crippen LogP contribution in [-0.4, -0.2) is 36.1 Å². The number of carbonyl (C=O) groups is 2. The van der Waals surface area contributed by atoms with Gasteiger partial charge in [0.25, 0.3) is 0 Å². The fourth-order valence-electron chi connectivity index (χ4n) is 1.99. The molecular formula is C18H28N2O3. The molecule has 1 rings (SSSR count). The van der Waals surface area contributed by atoms with E-state index in [1.165, 1.54) is 4.90 Å². The third-order valence-corrected chi connectivity index (χ3v) is 3.27. The van der Waals surface area contributed by atoms with E-state index >= 15 is 0 Å². The van der Waals surface area contributed by atoms with Gasteiger partial charge in [-0.1, -0.05) is 12.1 Å². The van der Waals surface area contributed by atoms with Gasteiger partial charge in [-0.3, -0.25) is 4.79 Å².